The molecule has 3 nitrogen and oxygen atoms in total. The van der Waals surface area contributed by atoms with Crippen molar-refractivity contribution < 1.29 is 14.3 Å². The molecule has 0 heterocycles. The van der Waals surface area contributed by atoms with Gasteiger partial charge in [-0.25, -0.2) is 4.39 Å². The molecule has 0 radical (unpaired) electrons. The molecule has 0 atom stereocenters. The van der Waals surface area contributed by atoms with E-state index >= 15 is 0 Å². The first kappa shape index (κ1) is 14.5. The Kier molecular flexibility index (Phi) is 4.41. The van der Waals surface area contributed by atoms with Crippen molar-refractivity contribution in [1.82, 2.24) is 5.32 Å². The molecular formula is C16H18FNO2. The molecule has 4 heteroatoms. The predicted octanol–water partition coefficient (Wildman–Crippen LogP) is 2.09. The number of hydrogen-bond donors (Lipinski definition) is 2. The molecule has 1 aromatic rings. The third kappa shape index (κ3) is 3.82. The molecule has 1 aromatic carbocycles. The van der Waals surface area contributed by atoms with Crippen LogP contribution < -0.4 is 5.32 Å². The molecule has 2 rings (SSSR count). The highest BCUT2D eigenvalue weighted by atomic mass is 19.1. The zero-order valence-corrected chi connectivity index (χ0v) is 11.5. The quantitative estimate of drug-likeness (QED) is 0.827. The van der Waals surface area contributed by atoms with E-state index in [4.69, 9.17) is 5.11 Å². The van der Waals surface area contributed by atoms with Gasteiger partial charge in [0.15, 0.2) is 0 Å². The maximum atomic E-state index is 13.9. The van der Waals surface area contributed by atoms with Crippen molar-refractivity contribution >= 4 is 5.91 Å². The van der Waals surface area contributed by atoms with E-state index in [1.807, 2.05) is 0 Å². The van der Waals surface area contributed by atoms with E-state index < -0.39 is 5.82 Å². The molecule has 1 saturated carbocycles. The molecule has 20 heavy (non-hydrogen) atoms. The molecule has 0 saturated heterocycles. The standard InChI is InChI=1S/C16H18FNO2/c1-16(7-8-16)11-18-15(20)13-6-5-12(10-14(13)17)4-2-3-9-19/h5-6,10,19H,3,7-9,11H2,1H3,(H,18,20). The van der Waals surface area contributed by atoms with Gasteiger partial charge in [0, 0.05) is 18.5 Å². The first-order valence-electron chi connectivity index (χ1n) is 6.72. The Morgan fingerprint density at radius 1 is 1.50 bits per heavy atom. The van der Waals surface area contributed by atoms with Crippen LogP contribution in [0.5, 0.6) is 0 Å². The molecular weight excluding hydrogens is 257 g/mol. The number of hydrogen-bond acceptors (Lipinski definition) is 2. The van der Waals surface area contributed by atoms with Gasteiger partial charge < -0.3 is 10.4 Å². The smallest absolute Gasteiger partial charge is 0.254 e. The van der Waals surface area contributed by atoms with Crippen LogP contribution in [0.25, 0.3) is 0 Å². The predicted molar refractivity (Wildman–Crippen MR) is 74.7 cm³/mol. The van der Waals surface area contributed by atoms with Gasteiger partial charge in [-0.05, 0) is 36.5 Å². The second kappa shape index (κ2) is 6.06. The summed E-state index contributed by atoms with van der Waals surface area (Å²) in [6.45, 7) is 2.67. The summed E-state index contributed by atoms with van der Waals surface area (Å²) in [5.74, 6) is 4.50. The van der Waals surface area contributed by atoms with Gasteiger partial charge in [-0.2, -0.15) is 0 Å². The van der Waals surface area contributed by atoms with E-state index in [1.54, 1.807) is 6.07 Å². The lowest BCUT2D eigenvalue weighted by Crippen LogP contribution is -2.29. The van der Waals surface area contributed by atoms with Crippen LogP contribution in [0.1, 0.15) is 42.1 Å². The number of nitrogens with one attached hydrogen (secondary N) is 1. The van der Waals surface area contributed by atoms with Gasteiger partial charge in [-0.15, -0.1) is 0 Å². The molecule has 106 valence electrons. The number of halogens is 1. The molecule has 1 aliphatic rings. The minimum Gasteiger partial charge on any atom is -0.395 e. The van der Waals surface area contributed by atoms with Crippen molar-refractivity contribution in [2.75, 3.05) is 13.2 Å². The van der Waals surface area contributed by atoms with Crippen LogP contribution in [0.15, 0.2) is 18.2 Å². The largest absolute Gasteiger partial charge is 0.395 e. The van der Waals surface area contributed by atoms with Gasteiger partial charge in [-0.3, -0.25) is 4.79 Å². The van der Waals surface area contributed by atoms with Crippen molar-refractivity contribution in [3.8, 4) is 11.8 Å². The fourth-order valence-corrected chi connectivity index (χ4v) is 1.78. The fourth-order valence-electron chi connectivity index (χ4n) is 1.78. The molecule has 0 bridgehead atoms. The van der Waals surface area contributed by atoms with E-state index in [0.717, 1.165) is 12.8 Å². The lowest BCUT2D eigenvalue weighted by molar-refractivity contribution is 0.0942. The van der Waals surface area contributed by atoms with Gasteiger partial charge in [-0.1, -0.05) is 18.8 Å². The molecule has 0 unspecified atom stereocenters. The molecule has 1 amide bonds. The lowest BCUT2D eigenvalue weighted by atomic mass is 10.1. The average molecular weight is 275 g/mol. The van der Waals surface area contributed by atoms with E-state index in [-0.39, 0.29) is 23.5 Å². The van der Waals surface area contributed by atoms with Crippen LogP contribution in [-0.4, -0.2) is 24.2 Å². The molecule has 0 aliphatic heterocycles. The highest BCUT2D eigenvalue weighted by Gasteiger charge is 2.37. The first-order valence-corrected chi connectivity index (χ1v) is 6.72. The number of rotatable bonds is 4. The Bertz CT molecular complexity index is 568. The second-order valence-corrected chi connectivity index (χ2v) is 5.46. The topological polar surface area (TPSA) is 49.3 Å². The highest BCUT2D eigenvalue weighted by molar-refractivity contribution is 5.94. The van der Waals surface area contributed by atoms with Gasteiger partial charge >= 0.3 is 0 Å². The summed E-state index contributed by atoms with van der Waals surface area (Å²) in [7, 11) is 0. The SMILES string of the molecule is CC1(CNC(=O)c2ccc(C#CCCO)cc2F)CC1. The Morgan fingerprint density at radius 2 is 2.25 bits per heavy atom. The number of aliphatic hydroxyl groups is 1. The van der Waals surface area contributed by atoms with Crippen LogP contribution >= 0.6 is 0 Å². The maximum absolute atomic E-state index is 13.9. The summed E-state index contributed by atoms with van der Waals surface area (Å²) >= 11 is 0. The summed E-state index contributed by atoms with van der Waals surface area (Å²) in [5, 5.41) is 11.4. The van der Waals surface area contributed by atoms with E-state index in [1.165, 1.54) is 12.1 Å². The average Bonchev–Trinajstić information content (AvgIpc) is 3.15. The Hall–Kier alpha value is -1.86. The summed E-state index contributed by atoms with van der Waals surface area (Å²) in [5.41, 5.74) is 0.741. The second-order valence-electron chi connectivity index (χ2n) is 5.46. The van der Waals surface area contributed by atoms with Gasteiger partial charge in [0.25, 0.3) is 5.91 Å². The highest BCUT2D eigenvalue weighted by Crippen LogP contribution is 2.44. The van der Waals surface area contributed by atoms with Crippen molar-refractivity contribution in [3.05, 3.63) is 35.1 Å². The minimum absolute atomic E-state index is 0.0191. The zero-order valence-electron chi connectivity index (χ0n) is 11.5. The minimum atomic E-state index is -0.570. The molecule has 0 spiro atoms. The third-order valence-electron chi connectivity index (χ3n) is 3.46. The van der Waals surface area contributed by atoms with Gasteiger partial charge in [0.2, 0.25) is 0 Å². The third-order valence-corrected chi connectivity index (χ3v) is 3.46. The van der Waals surface area contributed by atoms with Crippen molar-refractivity contribution in [2.24, 2.45) is 5.41 Å². The van der Waals surface area contributed by atoms with Crippen molar-refractivity contribution in [1.29, 1.82) is 0 Å². The number of aliphatic hydroxyl groups excluding tert-OH is 1. The normalized spacial score (nSPS) is 15.2. The lowest BCUT2D eigenvalue weighted by Gasteiger charge is -2.10. The van der Waals surface area contributed by atoms with Crippen LogP contribution in [0, 0.1) is 23.1 Å². The maximum Gasteiger partial charge on any atom is 0.254 e. The van der Waals surface area contributed by atoms with Crippen LogP contribution in [0.4, 0.5) is 4.39 Å². The molecule has 2 N–H and O–H groups in total. The van der Waals surface area contributed by atoms with E-state index in [9.17, 15) is 9.18 Å². The first-order chi connectivity index (χ1) is 9.54. The summed E-state index contributed by atoms with van der Waals surface area (Å²) in [6.07, 6.45) is 2.56. The van der Waals surface area contributed by atoms with E-state index in [0.29, 0.717) is 18.5 Å². The Morgan fingerprint density at radius 3 is 2.85 bits per heavy atom. The van der Waals surface area contributed by atoms with Crippen LogP contribution in [-0.2, 0) is 0 Å². The number of benzene rings is 1. The number of amides is 1. The number of carbonyl (C=O) groups excluding carboxylic acids is 1. The zero-order chi connectivity index (χ0) is 14.6. The monoisotopic (exact) mass is 275 g/mol. The van der Waals surface area contributed by atoms with Crippen molar-refractivity contribution in [2.45, 2.75) is 26.2 Å². The number of carbonyl (C=O) groups is 1. The summed E-state index contributed by atoms with van der Waals surface area (Å²) < 4.78 is 13.9. The van der Waals surface area contributed by atoms with Crippen molar-refractivity contribution in [3.63, 3.8) is 0 Å². The Balaban J connectivity index is 2.01. The van der Waals surface area contributed by atoms with E-state index in [2.05, 4.69) is 24.1 Å². The fraction of sp³-hybridized carbons (Fsp3) is 0.438. The molecule has 1 fully saturated rings. The molecule has 1 aliphatic carbocycles. The van der Waals surface area contributed by atoms with Crippen LogP contribution in [0.3, 0.4) is 0 Å². The Labute approximate surface area is 118 Å². The van der Waals surface area contributed by atoms with Gasteiger partial charge in [0.1, 0.15) is 5.82 Å². The summed E-state index contributed by atoms with van der Waals surface area (Å²) in [4.78, 5) is 11.9. The summed E-state index contributed by atoms with van der Waals surface area (Å²) in [6, 6.07) is 4.31. The van der Waals surface area contributed by atoms with Crippen LogP contribution in [0.2, 0.25) is 0 Å². The molecule has 0 aromatic heterocycles. The van der Waals surface area contributed by atoms with Gasteiger partial charge in [0.05, 0.1) is 12.2 Å².